The van der Waals surface area contributed by atoms with Crippen LogP contribution in [0.4, 0.5) is 4.79 Å². The lowest BCUT2D eigenvalue weighted by Gasteiger charge is -2.09. The van der Waals surface area contributed by atoms with E-state index in [1.165, 1.54) is 0 Å². The maximum absolute atomic E-state index is 11.4. The predicted octanol–water partition coefficient (Wildman–Crippen LogP) is 3.18. The molecule has 0 saturated heterocycles. The van der Waals surface area contributed by atoms with Crippen LogP contribution in [0.1, 0.15) is 19.4 Å². The molecule has 18 heavy (non-hydrogen) atoms. The summed E-state index contributed by atoms with van der Waals surface area (Å²) in [7, 11) is 0. The molecule has 1 aromatic rings. The normalized spacial score (nSPS) is 10.4. The Morgan fingerprint density at radius 1 is 1.22 bits per heavy atom. The molecule has 4 nitrogen and oxygen atoms in total. The summed E-state index contributed by atoms with van der Waals surface area (Å²) in [5.41, 5.74) is 0.894. The molecule has 0 aromatic heterocycles. The van der Waals surface area contributed by atoms with Gasteiger partial charge in [0.1, 0.15) is 12.4 Å². The Hall–Kier alpha value is -1.55. The van der Waals surface area contributed by atoms with Crippen LogP contribution in [0, 0.1) is 12.8 Å². The lowest BCUT2D eigenvalue weighted by Crippen LogP contribution is -2.15. The first-order chi connectivity index (χ1) is 8.59. The minimum absolute atomic E-state index is 0.206. The van der Waals surface area contributed by atoms with Gasteiger partial charge in [0, 0.05) is 6.61 Å². The van der Waals surface area contributed by atoms with Gasteiger partial charge in [0.2, 0.25) is 0 Å². The number of hydrogen-bond acceptors (Lipinski definition) is 4. The number of hydrogen-bond donors (Lipinski definition) is 0. The van der Waals surface area contributed by atoms with Gasteiger partial charge < -0.3 is 14.2 Å². The fourth-order valence-electron chi connectivity index (χ4n) is 1.29. The van der Waals surface area contributed by atoms with E-state index in [0.717, 1.165) is 5.56 Å². The highest BCUT2D eigenvalue weighted by Gasteiger charge is 2.07. The van der Waals surface area contributed by atoms with E-state index in [4.69, 9.17) is 14.2 Å². The summed E-state index contributed by atoms with van der Waals surface area (Å²) in [5, 5.41) is 0. The number of rotatable bonds is 6. The molecule has 1 rings (SSSR count). The minimum Gasteiger partial charge on any atom is -0.432 e. The highest BCUT2D eigenvalue weighted by Crippen LogP contribution is 2.16. The Balaban J connectivity index is 2.20. The lowest BCUT2D eigenvalue weighted by molar-refractivity contribution is 0.0437. The van der Waals surface area contributed by atoms with E-state index in [1.54, 1.807) is 12.1 Å². The number of carbonyl (C=O) groups is 1. The van der Waals surface area contributed by atoms with Crippen molar-refractivity contribution in [3.05, 3.63) is 29.8 Å². The first-order valence-electron chi connectivity index (χ1n) is 6.07. The zero-order valence-corrected chi connectivity index (χ0v) is 11.1. The van der Waals surface area contributed by atoms with Gasteiger partial charge in [0.15, 0.2) is 0 Å². The van der Waals surface area contributed by atoms with E-state index in [-0.39, 0.29) is 6.61 Å². The molecule has 0 radical (unpaired) electrons. The summed E-state index contributed by atoms with van der Waals surface area (Å²) in [5.74, 6) is 0.995. The van der Waals surface area contributed by atoms with E-state index >= 15 is 0 Å². The first kappa shape index (κ1) is 14.5. The van der Waals surface area contributed by atoms with Crippen molar-refractivity contribution in [1.29, 1.82) is 0 Å². The van der Waals surface area contributed by atoms with Crippen molar-refractivity contribution < 1.29 is 19.0 Å². The van der Waals surface area contributed by atoms with Crippen molar-refractivity contribution in [2.24, 2.45) is 5.92 Å². The highest BCUT2D eigenvalue weighted by atomic mass is 16.7. The van der Waals surface area contributed by atoms with Crippen molar-refractivity contribution in [2.45, 2.75) is 20.8 Å². The monoisotopic (exact) mass is 252 g/mol. The van der Waals surface area contributed by atoms with Crippen LogP contribution in [0.25, 0.3) is 0 Å². The largest absolute Gasteiger partial charge is 0.513 e. The molecule has 0 aliphatic carbocycles. The Morgan fingerprint density at radius 2 is 1.94 bits per heavy atom. The third-order valence-corrected chi connectivity index (χ3v) is 2.19. The third-order valence-electron chi connectivity index (χ3n) is 2.19. The van der Waals surface area contributed by atoms with Crippen LogP contribution in [0.2, 0.25) is 0 Å². The highest BCUT2D eigenvalue weighted by molar-refractivity contribution is 5.64. The van der Waals surface area contributed by atoms with Gasteiger partial charge in [-0.25, -0.2) is 4.79 Å². The molecule has 0 unspecified atom stereocenters. The summed E-state index contributed by atoms with van der Waals surface area (Å²) in [6.45, 7) is 7.25. The van der Waals surface area contributed by atoms with Gasteiger partial charge in [-0.1, -0.05) is 32.0 Å². The summed E-state index contributed by atoms with van der Waals surface area (Å²) in [6.07, 6.45) is -0.697. The smallest absolute Gasteiger partial charge is 0.432 e. The van der Waals surface area contributed by atoms with Crippen molar-refractivity contribution in [3.63, 3.8) is 0 Å². The molecule has 4 heteroatoms. The van der Waals surface area contributed by atoms with Gasteiger partial charge in [-0.3, -0.25) is 0 Å². The average molecular weight is 252 g/mol. The number of carbonyl (C=O) groups excluding carboxylic acids is 1. The van der Waals surface area contributed by atoms with E-state index in [9.17, 15) is 4.79 Å². The van der Waals surface area contributed by atoms with Crippen molar-refractivity contribution in [2.75, 3.05) is 19.8 Å². The third kappa shape index (κ3) is 5.68. The van der Waals surface area contributed by atoms with Crippen LogP contribution in [-0.2, 0) is 9.47 Å². The Kier molecular flexibility index (Phi) is 6.22. The molecule has 0 aliphatic rings. The van der Waals surface area contributed by atoms with Crippen LogP contribution in [0.5, 0.6) is 5.75 Å². The van der Waals surface area contributed by atoms with Crippen LogP contribution in [0.15, 0.2) is 24.3 Å². The Labute approximate surface area is 108 Å². The summed E-state index contributed by atoms with van der Waals surface area (Å²) >= 11 is 0. The van der Waals surface area contributed by atoms with E-state index in [2.05, 4.69) is 13.8 Å². The van der Waals surface area contributed by atoms with E-state index in [1.807, 2.05) is 19.1 Å². The molecule has 0 heterocycles. The quantitative estimate of drug-likeness (QED) is 0.443. The first-order valence-corrected chi connectivity index (χ1v) is 6.07. The zero-order chi connectivity index (χ0) is 13.4. The van der Waals surface area contributed by atoms with E-state index < -0.39 is 6.16 Å². The predicted molar refractivity (Wildman–Crippen MR) is 68.8 cm³/mol. The molecule has 0 N–H and O–H groups in total. The summed E-state index contributed by atoms with van der Waals surface area (Å²) < 4.78 is 15.2. The van der Waals surface area contributed by atoms with Gasteiger partial charge in [-0.2, -0.15) is 0 Å². The minimum atomic E-state index is -0.697. The topological polar surface area (TPSA) is 44.8 Å². The number of benzene rings is 1. The van der Waals surface area contributed by atoms with Crippen molar-refractivity contribution >= 4 is 6.16 Å². The maximum Gasteiger partial charge on any atom is 0.513 e. The fourth-order valence-corrected chi connectivity index (χ4v) is 1.29. The second kappa shape index (κ2) is 7.71. The van der Waals surface area contributed by atoms with Gasteiger partial charge in [-0.15, -0.1) is 0 Å². The SMILES string of the molecule is Cc1ccccc1OC(=O)OCCOCC(C)C. The van der Waals surface area contributed by atoms with Crippen molar-refractivity contribution in [3.8, 4) is 5.75 Å². The van der Waals surface area contributed by atoms with Crippen LogP contribution in [-0.4, -0.2) is 26.0 Å². The van der Waals surface area contributed by atoms with E-state index in [0.29, 0.717) is 24.9 Å². The van der Waals surface area contributed by atoms with Crippen LogP contribution < -0.4 is 4.74 Å². The van der Waals surface area contributed by atoms with Gasteiger partial charge in [0.25, 0.3) is 0 Å². The molecule has 0 fully saturated rings. The molecule has 1 aromatic carbocycles. The zero-order valence-electron chi connectivity index (χ0n) is 11.1. The maximum atomic E-state index is 11.4. The fraction of sp³-hybridized carbons (Fsp3) is 0.500. The molecular weight excluding hydrogens is 232 g/mol. The number of aryl methyl sites for hydroxylation is 1. The summed E-state index contributed by atoms with van der Waals surface area (Å²) in [6, 6.07) is 7.29. The molecule has 0 atom stereocenters. The van der Waals surface area contributed by atoms with Gasteiger partial charge in [0.05, 0.1) is 6.61 Å². The van der Waals surface area contributed by atoms with Crippen LogP contribution >= 0.6 is 0 Å². The number of ether oxygens (including phenoxy) is 3. The van der Waals surface area contributed by atoms with Gasteiger partial charge >= 0.3 is 6.16 Å². The molecule has 0 saturated carbocycles. The second-order valence-corrected chi connectivity index (χ2v) is 4.43. The lowest BCUT2D eigenvalue weighted by atomic mass is 10.2. The molecule has 0 amide bonds. The molecular formula is C14H20O4. The Morgan fingerprint density at radius 3 is 2.61 bits per heavy atom. The molecule has 0 aliphatic heterocycles. The Bertz CT molecular complexity index is 374. The van der Waals surface area contributed by atoms with Crippen molar-refractivity contribution in [1.82, 2.24) is 0 Å². The van der Waals surface area contributed by atoms with Crippen LogP contribution in [0.3, 0.4) is 0 Å². The average Bonchev–Trinajstić information content (AvgIpc) is 2.31. The standard InChI is InChI=1S/C14H20O4/c1-11(2)10-16-8-9-17-14(15)18-13-7-5-4-6-12(13)3/h4-7,11H,8-10H2,1-3H3. The van der Waals surface area contributed by atoms with Gasteiger partial charge in [-0.05, 0) is 24.5 Å². The molecule has 100 valence electrons. The second-order valence-electron chi connectivity index (χ2n) is 4.43. The molecule has 0 spiro atoms. The number of para-hydroxylation sites is 1. The molecule has 0 bridgehead atoms. The summed E-state index contributed by atoms with van der Waals surface area (Å²) in [4.78, 5) is 11.4.